The largest absolute Gasteiger partial charge is 0.468 e. The van der Waals surface area contributed by atoms with Crippen LogP contribution in [0.15, 0.2) is 29.4 Å². The molecule has 0 saturated carbocycles. The highest BCUT2D eigenvalue weighted by Gasteiger charge is 2.09. The maximum absolute atomic E-state index is 5.51. The third-order valence-corrected chi connectivity index (χ3v) is 2.69. The van der Waals surface area contributed by atoms with Crippen LogP contribution in [0.25, 0.3) is 0 Å². The summed E-state index contributed by atoms with van der Waals surface area (Å²) in [5.74, 6) is 1.05. The molecular formula is C14H24N2O. The molecule has 1 aromatic heterocycles. The molecule has 0 unspecified atom stereocenters. The van der Waals surface area contributed by atoms with Gasteiger partial charge in [0.1, 0.15) is 5.76 Å². The summed E-state index contributed by atoms with van der Waals surface area (Å²) < 4.78 is 5.51. The fourth-order valence-electron chi connectivity index (χ4n) is 1.88. The van der Waals surface area contributed by atoms with Crippen molar-refractivity contribution in [1.29, 1.82) is 0 Å². The molecule has 1 heterocycles. The second-order valence-electron chi connectivity index (χ2n) is 4.17. The minimum Gasteiger partial charge on any atom is -0.468 e. The third-order valence-electron chi connectivity index (χ3n) is 2.69. The first-order valence-electron chi connectivity index (χ1n) is 6.41. The average Bonchev–Trinajstić information content (AvgIpc) is 2.74. The number of hydrogen-bond donors (Lipinski definition) is 1. The van der Waals surface area contributed by atoms with Gasteiger partial charge in [0.2, 0.25) is 0 Å². The van der Waals surface area contributed by atoms with Crippen LogP contribution in [0.4, 0.5) is 0 Å². The third kappa shape index (κ3) is 4.75. The highest BCUT2D eigenvalue weighted by Crippen LogP contribution is 2.13. The van der Waals surface area contributed by atoms with Crippen LogP contribution in [0.3, 0.4) is 0 Å². The molecule has 0 fully saturated rings. The van der Waals surface area contributed by atoms with Gasteiger partial charge in [-0.3, -0.25) is 4.90 Å². The van der Waals surface area contributed by atoms with Crippen LogP contribution >= 0.6 is 0 Å². The van der Waals surface area contributed by atoms with Gasteiger partial charge in [0.15, 0.2) is 0 Å². The fourth-order valence-corrected chi connectivity index (χ4v) is 1.88. The maximum atomic E-state index is 5.51. The van der Waals surface area contributed by atoms with Gasteiger partial charge in [-0.1, -0.05) is 19.9 Å². The van der Waals surface area contributed by atoms with E-state index in [0.29, 0.717) is 0 Å². The van der Waals surface area contributed by atoms with Crippen molar-refractivity contribution in [2.75, 3.05) is 19.6 Å². The Morgan fingerprint density at radius 3 is 2.94 bits per heavy atom. The highest BCUT2D eigenvalue weighted by molar-refractivity contribution is 5.17. The summed E-state index contributed by atoms with van der Waals surface area (Å²) in [6, 6.07) is 2.07. The summed E-state index contributed by atoms with van der Waals surface area (Å²) in [6.07, 6.45) is 4.90. The number of hydrogen-bond acceptors (Lipinski definition) is 3. The van der Waals surface area contributed by atoms with Crippen LogP contribution < -0.4 is 5.32 Å². The Morgan fingerprint density at radius 1 is 1.47 bits per heavy atom. The quantitative estimate of drug-likeness (QED) is 0.668. The predicted octanol–water partition coefficient (Wildman–Crippen LogP) is 2.79. The molecule has 0 aliphatic carbocycles. The lowest BCUT2D eigenvalue weighted by Gasteiger charge is -2.19. The number of furan rings is 1. The van der Waals surface area contributed by atoms with E-state index in [1.807, 2.05) is 6.08 Å². The van der Waals surface area contributed by atoms with E-state index in [0.717, 1.165) is 44.9 Å². The smallest absolute Gasteiger partial charge is 0.122 e. The van der Waals surface area contributed by atoms with E-state index in [1.54, 1.807) is 6.26 Å². The Morgan fingerprint density at radius 2 is 2.29 bits per heavy atom. The summed E-state index contributed by atoms with van der Waals surface area (Å²) in [5.41, 5.74) is 1.28. The van der Waals surface area contributed by atoms with E-state index < -0.39 is 0 Å². The lowest BCUT2D eigenvalue weighted by Crippen LogP contribution is -2.25. The van der Waals surface area contributed by atoms with Crippen LogP contribution in [0.2, 0.25) is 0 Å². The standard InChI is InChI=1S/C14H24N2O/c1-4-8-16(9-5-2)12-13-7-10-17-14(13)11-15-6-3/h4,7,10,15H,1,5-6,8-9,11-12H2,2-3H3. The van der Waals surface area contributed by atoms with Crippen molar-refractivity contribution < 1.29 is 4.42 Å². The topological polar surface area (TPSA) is 28.4 Å². The van der Waals surface area contributed by atoms with Gasteiger partial charge in [-0.2, -0.15) is 0 Å². The molecule has 0 amide bonds. The van der Waals surface area contributed by atoms with Crippen LogP contribution in [-0.2, 0) is 13.1 Å². The number of nitrogens with one attached hydrogen (secondary N) is 1. The Kier molecular flexibility index (Phi) is 6.67. The van der Waals surface area contributed by atoms with Crippen LogP contribution in [0.5, 0.6) is 0 Å². The molecular weight excluding hydrogens is 212 g/mol. The van der Waals surface area contributed by atoms with Crippen molar-refractivity contribution in [3.05, 3.63) is 36.3 Å². The molecule has 17 heavy (non-hydrogen) atoms. The second kappa shape index (κ2) is 8.09. The summed E-state index contributed by atoms with van der Waals surface area (Å²) in [7, 11) is 0. The Bertz CT molecular complexity index is 320. The van der Waals surface area contributed by atoms with Crippen LogP contribution in [-0.4, -0.2) is 24.5 Å². The Hall–Kier alpha value is -1.06. The predicted molar refractivity (Wildman–Crippen MR) is 71.9 cm³/mol. The molecule has 0 aliphatic rings. The van der Waals surface area contributed by atoms with Crippen molar-refractivity contribution in [2.24, 2.45) is 0 Å². The zero-order chi connectivity index (χ0) is 12.5. The van der Waals surface area contributed by atoms with E-state index in [-0.39, 0.29) is 0 Å². The summed E-state index contributed by atoms with van der Waals surface area (Å²) in [4.78, 5) is 2.38. The minimum absolute atomic E-state index is 0.812. The van der Waals surface area contributed by atoms with Gasteiger partial charge in [0.25, 0.3) is 0 Å². The lowest BCUT2D eigenvalue weighted by molar-refractivity contribution is 0.292. The fraction of sp³-hybridized carbons (Fsp3) is 0.571. The average molecular weight is 236 g/mol. The van der Waals surface area contributed by atoms with Gasteiger partial charge in [0, 0.05) is 18.7 Å². The van der Waals surface area contributed by atoms with Crippen molar-refractivity contribution in [1.82, 2.24) is 10.2 Å². The van der Waals surface area contributed by atoms with Crippen molar-refractivity contribution in [3.63, 3.8) is 0 Å². The summed E-state index contributed by atoms with van der Waals surface area (Å²) in [5, 5.41) is 3.30. The van der Waals surface area contributed by atoms with Gasteiger partial charge in [-0.15, -0.1) is 6.58 Å². The van der Waals surface area contributed by atoms with Crippen LogP contribution in [0.1, 0.15) is 31.6 Å². The zero-order valence-corrected chi connectivity index (χ0v) is 11.0. The molecule has 1 rings (SSSR count). The van der Waals surface area contributed by atoms with E-state index in [9.17, 15) is 0 Å². The van der Waals surface area contributed by atoms with Gasteiger partial charge in [0.05, 0.1) is 12.8 Å². The molecule has 0 spiro atoms. The van der Waals surface area contributed by atoms with Gasteiger partial charge < -0.3 is 9.73 Å². The lowest BCUT2D eigenvalue weighted by atomic mass is 10.2. The van der Waals surface area contributed by atoms with E-state index in [1.165, 1.54) is 5.56 Å². The zero-order valence-electron chi connectivity index (χ0n) is 11.0. The summed E-state index contributed by atoms with van der Waals surface area (Å²) >= 11 is 0. The maximum Gasteiger partial charge on any atom is 0.122 e. The second-order valence-corrected chi connectivity index (χ2v) is 4.17. The molecule has 96 valence electrons. The van der Waals surface area contributed by atoms with Crippen molar-refractivity contribution in [2.45, 2.75) is 33.4 Å². The number of nitrogens with zero attached hydrogens (tertiary/aromatic N) is 1. The monoisotopic (exact) mass is 236 g/mol. The SMILES string of the molecule is C=CCN(CCC)Cc1ccoc1CNCC. The molecule has 0 bridgehead atoms. The molecule has 0 aromatic carbocycles. The number of rotatable bonds is 9. The minimum atomic E-state index is 0.812. The van der Waals surface area contributed by atoms with Gasteiger partial charge >= 0.3 is 0 Å². The van der Waals surface area contributed by atoms with Crippen molar-refractivity contribution in [3.8, 4) is 0 Å². The molecule has 0 aliphatic heterocycles. The Labute approximate surface area is 104 Å². The molecule has 0 radical (unpaired) electrons. The summed E-state index contributed by atoms with van der Waals surface area (Å²) in [6.45, 7) is 12.8. The molecule has 3 heteroatoms. The van der Waals surface area contributed by atoms with Gasteiger partial charge in [-0.05, 0) is 25.6 Å². The Balaban J connectivity index is 2.57. The van der Waals surface area contributed by atoms with E-state index in [2.05, 4.69) is 36.7 Å². The van der Waals surface area contributed by atoms with Crippen molar-refractivity contribution >= 4 is 0 Å². The van der Waals surface area contributed by atoms with Crippen LogP contribution in [0, 0.1) is 0 Å². The first kappa shape index (κ1) is 14.0. The first-order valence-corrected chi connectivity index (χ1v) is 6.41. The van der Waals surface area contributed by atoms with E-state index in [4.69, 9.17) is 4.42 Å². The molecule has 0 saturated heterocycles. The first-order chi connectivity index (χ1) is 8.31. The van der Waals surface area contributed by atoms with Gasteiger partial charge in [-0.25, -0.2) is 0 Å². The normalized spacial score (nSPS) is 11.0. The molecule has 3 nitrogen and oxygen atoms in total. The van der Waals surface area contributed by atoms with E-state index >= 15 is 0 Å². The molecule has 1 N–H and O–H groups in total. The molecule has 1 aromatic rings. The molecule has 0 atom stereocenters. The highest BCUT2D eigenvalue weighted by atomic mass is 16.3.